The first-order valence-corrected chi connectivity index (χ1v) is 7.81. The molecule has 1 aliphatic rings. The number of carbonyl (C=O) groups is 1. The largest absolute Gasteiger partial charge is 0.507 e. The van der Waals surface area contributed by atoms with E-state index in [9.17, 15) is 9.90 Å². The molecule has 0 aromatic heterocycles. The minimum absolute atomic E-state index is 0.0384. The highest BCUT2D eigenvalue weighted by Gasteiger charge is 2.31. The number of carbonyl (C=O) groups excluding carboxylic acids is 1. The number of ether oxygens (including phenoxy) is 3. The highest BCUT2D eigenvalue weighted by molar-refractivity contribution is 6.13. The van der Waals surface area contributed by atoms with E-state index in [4.69, 9.17) is 14.2 Å². The fourth-order valence-electron chi connectivity index (χ4n) is 3.33. The van der Waals surface area contributed by atoms with Gasteiger partial charge in [-0.15, -0.1) is 0 Å². The smallest absolute Gasteiger partial charge is 0.339 e. The molecule has 0 radical (unpaired) electrons. The van der Waals surface area contributed by atoms with Crippen LogP contribution in [0.1, 0.15) is 15.9 Å². The third-order valence-corrected chi connectivity index (χ3v) is 4.50. The van der Waals surface area contributed by atoms with E-state index in [1.807, 2.05) is 30.3 Å². The van der Waals surface area contributed by atoms with Crippen molar-refractivity contribution >= 4 is 16.7 Å². The fourth-order valence-corrected chi connectivity index (χ4v) is 3.33. The van der Waals surface area contributed by atoms with Gasteiger partial charge in [0.2, 0.25) is 0 Å². The summed E-state index contributed by atoms with van der Waals surface area (Å²) < 4.78 is 15.9. The predicted molar refractivity (Wildman–Crippen MR) is 93.3 cm³/mol. The zero-order valence-electron chi connectivity index (χ0n) is 13.8. The number of phenolic OH excluding ortho intramolecular Hbond substituents is 1. The van der Waals surface area contributed by atoms with Crippen molar-refractivity contribution in [3.63, 3.8) is 0 Å². The number of aromatic hydroxyl groups is 1. The van der Waals surface area contributed by atoms with Gasteiger partial charge >= 0.3 is 5.97 Å². The Morgan fingerprint density at radius 3 is 2.24 bits per heavy atom. The second kappa shape index (κ2) is 5.70. The minimum atomic E-state index is -0.430. The van der Waals surface area contributed by atoms with Gasteiger partial charge in [0.05, 0.1) is 19.8 Å². The molecule has 0 amide bonds. The van der Waals surface area contributed by atoms with Crippen LogP contribution in [0, 0.1) is 0 Å². The highest BCUT2D eigenvalue weighted by atomic mass is 16.5. The Morgan fingerprint density at radius 1 is 0.960 bits per heavy atom. The lowest BCUT2D eigenvalue weighted by Crippen LogP contribution is -2.00. The van der Waals surface area contributed by atoms with Crippen LogP contribution in [-0.4, -0.2) is 25.3 Å². The summed E-state index contributed by atoms with van der Waals surface area (Å²) in [7, 11) is 3.09. The summed E-state index contributed by atoms with van der Waals surface area (Å²) in [5, 5.41) is 12.0. The number of phenols is 1. The van der Waals surface area contributed by atoms with Gasteiger partial charge in [0.1, 0.15) is 12.4 Å². The molecule has 0 bridgehead atoms. The number of benzene rings is 3. The third-order valence-electron chi connectivity index (χ3n) is 4.50. The SMILES string of the molecule is COc1cc2c(O)c3c(c(-c4ccccc4)c2cc1OC)C(=O)OC3. The van der Waals surface area contributed by atoms with Gasteiger partial charge < -0.3 is 19.3 Å². The molecule has 0 saturated heterocycles. The van der Waals surface area contributed by atoms with Crippen molar-refractivity contribution in [3.8, 4) is 28.4 Å². The lowest BCUT2D eigenvalue weighted by atomic mass is 9.89. The second-order valence-electron chi connectivity index (χ2n) is 5.77. The molecule has 126 valence electrons. The van der Waals surface area contributed by atoms with Crippen LogP contribution in [0.3, 0.4) is 0 Å². The van der Waals surface area contributed by atoms with Crippen LogP contribution in [-0.2, 0) is 11.3 Å². The molecular formula is C20H16O5. The van der Waals surface area contributed by atoms with Crippen LogP contribution in [0.4, 0.5) is 0 Å². The van der Waals surface area contributed by atoms with Crippen molar-refractivity contribution in [2.45, 2.75) is 6.61 Å². The van der Waals surface area contributed by atoms with Crippen molar-refractivity contribution in [1.29, 1.82) is 0 Å². The summed E-state index contributed by atoms with van der Waals surface area (Å²) >= 11 is 0. The first kappa shape index (κ1) is 15.3. The molecule has 0 atom stereocenters. The quantitative estimate of drug-likeness (QED) is 0.735. The summed E-state index contributed by atoms with van der Waals surface area (Å²) in [6.45, 7) is 0.0596. The van der Waals surface area contributed by atoms with E-state index in [0.717, 1.165) is 11.1 Å². The molecule has 0 spiro atoms. The monoisotopic (exact) mass is 336 g/mol. The third kappa shape index (κ3) is 2.20. The Hall–Kier alpha value is -3.21. The van der Waals surface area contributed by atoms with Gasteiger partial charge in [-0.05, 0) is 23.1 Å². The molecule has 25 heavy (non-hydrogen) atoms. The fraction of sp³-hybridized carbons (Fsp3) is 0.150. The summed E-state index contributed by atoms with van der Waals surface area (Å²) in [5.74, 6) is 0.643. The van der Waals surface area contributed by atoms with E-state index in [0.29, 0.717) is 33.4 Å². The Kier molecular flexibility index (Phi) is 3.50. The van der Waals surface area contributed by atoms with Gasteiger partial charge in [0.25, 0.3) is 0 Å². The van der Waals surface area contributed by atoms with Gasteiger partial charge in [-0.2, -0.15) is 0 Å². The summed E-state index contributed by atoms with van der Waals surface area (Å²) in [6, 6.07) is 13.1. The van der Waals surface area contributed by atoms with Crippen LogP contribution in [0.5, 0.6) is 17.2 Å². The number of hydrogen-bond acceptors (Lipinski definition) is 5. The molecule has 4 rings (SSSR count). The van der Waals surface area contributed by atoms with Crippen molar-refractivity contribution < 1.29 is 24.1 Å². The van der Waals surface area contributed by atoms with Crippen molar-refractivity contribution in [2.24, 2.45) is 0 Å². The van der Waals surface area contributed by atoms with Crippen LogP contribution in [0.15, 0.2) is 42.5 Å². The Morgan fingerprint density at radius 2 is 1.60 bits per heavy atom. The van der Waals surface area contributed by atoms with Crippen molar-refractivity contribution in [2.75, 3.05) is 14.2 Å². The molecule has 1 N–H and O–H groups in total. The van der Waals surface area contributed by atoms with E-state index in [-0.39, 0.29) is 12.4 Å². The Labute approximate surface area is 144 Å². The van der Waals surface area contributed by atoms with Gasteiger partial charge in [-0.3, -0.25) is 0 Å². The number of rotatable bonds is 3. The standard InChI is InChI=1S/C20H16O5/c1-23-15-8-12-13(9-16(15)24-2)19(21)14-10-25-20(22)18(14)17(12)11-6-4-3-5-7-11/h3-9,21H,10H2,1-2H3. The molecule has 0 unspecified atom stereocenters. The van der Waals surface area contributed by atoms with E-state index < -0.39 is 5.97 Å². The molecule has 1 heterocycles. The molecule has 3 aromatic rings. The van der Waals surface area contributed by atoms with Gasteiger partial charge in [-0.25, -0.2) is 4.79 Å². The lowest BCUT2D eigenvalue weighted by molar-refractivity contribution is 0.0535. The Balaban J connectivity index is 2.19. The van der Waals surface area contributed by atoms with E-state index in [1.165, 1.54) is 0 Å². The van der Waals surface area contributed by atoms with Gasteiger partial charge in [-0.1, -0.05) is 30.3 Å². The summed E-state index contributed by atoms with van der Waals surface area (Å²) in [6.07, 6.45) is 0. The summed E-state index contributed by atoms with van der Waals surface area (Å²) in [5.41, 5.74) is 2.51. The van der Waals surface area contributed by atoms with Crippen LogP contribution >= 0.6 is 0 Å². The van der Waals surface area contributed by atoms with Crippen LogP contribution in [0.2, 0.25) is 0 Å². The Bertz CT molecular complexity index is 992. The van der Waals surface area contributed by atoms with Gasteiger partial charge in [0.15, 0.2) is 11.5 Å². The number of fused-ring (bicyclic) bond motifs is 2. The number of cyclic esters (lactones) is 1. The molecule has 5 heteroatoms. The minimum Gasteiger partial charge on any atom is -0.507 e. The van der Waals surface area contributed by atoms with E-state index in [1.54, 1.807) is 26.4 Å². The van der Waals surface area contributed by atoms with Crippen molar-refractivity contribution in [1.82, 2.24) is 0 Å². The van der Waals surface area contributed by atoms with Crippen LogP contribution in [0.25, 0.3) is 21.9 Å². The molecule has 3 aromatic carbocycles. The van der Waals surface area contributed by atoms with E-state index >= 15 is 0 Å². The average molecular weight is 336 g/mol. The molecule has 0 aliphatic carbocycles. The van der Waals surface area contributed by atoms with Crippen molar-refractivity contribution in [3.05, 3.63) is 53.6 Å². The first-order valence-electron chi connectivity index (χ1n) is 7.81. The molecular weight excluding hydrogens is 320 g/mol. The van der Waals surface area contributed by atoms with Gasteiger partial charge in [0, 0.05) is 16.5 Å². The van der Waals surface area contributed by atoms with Crippen LogP contribution < -0.4 is 9.47 Å². The zero-order valence-corrected chi connectivity index (χ0v) is 13.8. The maximum absolute atomic E-state index is 12.3. The maximum atomic E-state index is 12.3. The number of hydrogen-bond donors (Lipinski definition) is 1. The molecule has 5 nitrogen and oxygen atoms in total. The number of esters is 1. The zero-order chi connectivity index (χ0) is 17.6. The summed E-state index contributed by atoms with van der Waals surface area (Å²) in [4.78, 5) is 12.3. The number of methoxy groups -OCH3 is 2. The topological polar surface area (TPSA) is 65.0 Å². The predicted octanol–water partition coefficient (Wildman–Crippen LogP) is 3.90. The second-order valence-corrected chi connectivity index (χ2v) is 5.77. The first-order chi connectivity index (χ1) is 12.2. The molecule has 1 aliphatic heterocycles. The highest BCUT2D eigenvalue weighted by Crippen LogP contribution is 2.47. The molecule has 0 fully saturated rings. The lowest BCUT2D eigenvalue weighted by Gasteiger charge is -2.16. The average Bonchev–Trinajstić information content (AvgIpc) is 3.03. The molecule has 0 saturated carbocycles. The maximum Gasteiger partial charge on any atom is 0.339 e. The normalized spacial score (nSPS) is 12.8. The van der Waals surface area contributed by atoms with E-state index in [2.05, 4.69) is 0 Å².